The molecule has 0 aliphatic carbocycles. The van der Waals surface area contributed by atoms with Crippen LogP contribution in [0.15, 0.2) is 36.4 Å². The number of nitrogens with zero attached hydrogens (tertiary/aromatic N) is 5. The standard InChI is InChI=1S/C23H25ClN6O3/c24-18-3-1-15(2-4-18)20-14-30(13-17(20)12-26-23(32)33)22(31)16-7-9-29(10-8-16)21-6-5-19(11-25)27-28-21/h1-6,16-17,20,26H,7-10,12-14H2,(H,32,33)/t17-,20-/m0/s1. The van der Waals surface area contributed by atoms with Gasteiger partial charge in [-0.15, -0.1) is 10.2 Å². The predicted octanol–water partition coefficient (Wildman–Crippen LogP) is 2.73. The van der Waals surface area contributed by atoms with E-state index in [-0.39, 0.29) is 29.4 Å². The molecule has 2 N–H and O–H groups in total. The molecule has 2 saturated heterocycles. The van der Waals surface area contributed by atoms with Crippen molar-refractivity contribution >= 4 is 29.4 Å². The molecule has 0 radical (unpaired) electrons. The zero-order valence-electron chi connectivity index (χ0n) is 18.0. The lowest BCUT2D eigenvalue weighted by Crippen LogP contribution is -2.42. The summed E-state index contributed by atoms with van der Waals surface area (Å²) in [5.41, 5.74) is 1.33. The van der Waals surface area contributed by atoms with Crippen molar-refractivity contribution in [3.63, 3.8) is 0 Å². The highest BCUT2D eigenvalue weighted by Crippen LogP contribution is 2.35. The summed E-state index contributed by atoms with van der Waals surface area (Å²) in [4.78, 5) is 28.3. The predicted molar refractivity (Wildman–Crippen MR) is 122 cm³/mol. The Morgan fingerprint density at radius 3 is 2.45 bits per heavy atom. The third kappa shape index (κ3) is 5.34. The van der Waals surface area contributed by atoms with Crippen LogP contribution in [0.4, 0.5) is 10.6 Å². The molecule has 0 bridgehead atoms. The number of nitrogens with one attached hydrogen (secondary N) is 1. The van der Waals surface area contributed by atoms with E-state index in [9.17, 15) is 9.59 Å². The van der Waals surface area contributed by atoms with Crippen LogP contribution in [0, 0.1) is 23.2 Å². The molecule has 2 aliphatic heterocycles. The summed E-state index contributed by atoms with van der Waals surface area (Å²) in [7, 11) is 0. The molecule has 2 atom stereocenters. The number of likely N-dealkylation sites (tertiary alicyclic amines) is 1. The Morgan fingerprint density at radius 2 is 1.85 bits per heavy atom. The van der Waals surface area contributed by atoms with Gasteiger partial charge in [0, 0.05) is 55.5 Å². The maximum absolute atomic E-state index is 13.3. The van der Waals surface area contributed by atoms with Gasteiger partial charge in [-0.1, -0.05) is 23.7 Å². The molecule has 4 rings (SSSR count). The first-order valence-corrected chi connectivity index (χ1v) is 11.3. The number of anilines is 1. The van der Waals surface area contributed by atoms with Crippen LogP contribution in [0.25, 0.3) is 0 Å². The Labute approximate surface area is 197 Å². The molecule has 2 aromatic rings. The quantitative estimate of drug-likeness (QED) is 0.691. The number of amides is 2. The summed E-state index contributed by atoms with van der Waals surface area (Å²) < 4.78 is 0. The first-order valence-electron chi connectivity index (χ1n) is 10.9. The number of carbonyl (C=O) groups is 2. The van der Waals surface area contributed by atoms with Crippen molar-refractivity contribution in [2.75, 3.05) is 37.6 Å². The molecule has 1 aromatic heterocycles. The molecule has 2 aliphatic rings. The van der Waals surface area contributed by atoms with Crippen LogP contribution in [0.5, 0.6) is 0 Å². The fourth-order valence-electron chi connectivity index (χ4n) is 4.73. The van der Waals surface area contributed by atoms with Gasteiger partial charge >= 0.3 is 6.09 Å². The number of hydrogen-bond acceptors (Lipinski definition) is 6. The molecule has 33 heavy (non-hydrogen) atoms. The minimum Gasteiger partial charge on any atom is -0.465 e. The zero-order chi connectivity index (χ0) is 23.4. The van der Waals surface area contributed by atoms with E-state index >= 15 is 0 Å². The van der Waals surface area contributed by atoms with Crippen molar-refractivity contribution in [3.05, 3.63) is 52.7 Å². The van der Waals surface area contributed by atoms with E-state index in [1.807, 2.05) is 35.2 Å². The lowest BCUT2D eigenvalue weighted by molar-refractivity contribution is -0.135. The third-order valence-corrected chi connectivity index (χ3v) is 6.75. The molecule has 9 nitrogen and oxygen atoms in total. The van der Waals surface area contributed by atoms with Gasteiger partial charge in [0.05, 0.1) is 0 Å². The fraction of sp³-hybridized carbons (Fsp3) is 0.435. The van der Waals surface area contributed by atoms with Gasteiger partial charge < -0.3 is 20.2 Å². The van der Waals surface area contributed by atoms with E-state index in [2.05, 4.69) is 20.4 Å². The van der Waals surface area contributed by atoms with Gasteiger partial charge in [0.1, 0.15) is 6.07 Å². The molecule has 172 valence electrons. The van der Waals surface area contributed by atoms with Crippen LogP contribution in [-0.2, 0) is 4.79 Å². The van der Waals surface area contributed by atoms with Crippen molar-refractivity contribution in [2.45, 2.75) is 18.8 Å². The number of halogens is 1. The monoisotopic (exact) mass is 468 g/mol. The molecule has 0 saturated carbocycles. The van der Waals surface area contributed by atoms with Gasteiger partial charge in [-0.2, -0.15) is 5.26 Å². The Balaban J connectivity index is 1.39. The number of carboxylic acid groups (broad SMARTS) is 1. The molecule has 0 unspecified atom stereocenters. The lowest BCUT2D eigenvalue weighted by atomic mass is 9.89. The first kappa shape index (κ1) is 22.8. The summed E-state index contributed by atoms with van der Waals surface area (Å²) >= 11 is 6.03. The molecule has 10 heteroatoms. The van der Waals surface area contributed by atoms with Gasteiger partial charge in [-0.05, 0) is 42.7 Å². The lowest BCUT2D eigenvalue weighted by Gasteiger charge is -2.33. The zero-order valence-corrected chi connectivity index (χ0v) is 18.8. The average molecular weight is 469 g/mol. The Kier molecular flexibility index (Phi) is 6.94. The van der Waals surface area contributed by atoms with E-state index in [1.165, 1.54) is 0 Å². The van der Waals surface area contributed by atoms with Gasteiger partial charge in [0.25, 0.3) is 0 Å². The number of aromatic nitrogens is 2. The minimum absolute atomic E-state index is 0.000220. The maximum Gasteiger partial charge on any atom is 0.404 e. The van der Waals surface area contributed by atoms with Gasteiger partial charge in [0.2, 0.25) is 5.91 Å². The van der Waals surface area contributed by atoms with Gasteiger partial charge in [-0.3, -0.25) is 4.79 Å². The number of carbonyl (C=O) groups excluding carboxylic acids is 1. The number of hydrogen-bond donors (Lipinski definition) is 2. The maximum atomic E-state index is 13.3. The highest BCUT2D eigenvalue weighted by Gasteiger charge is 2.39. The molecule has 3 heterocycles. The number of rotatable bonds is 5. The molecular formula is C23H25ClN6O3. The summed E-state index contributed by atoms with van der Waals surface area (Å²) in [6, 6.07) is 12.9. The number of benzene rings is 1. The van der Waals surface area contributed by atoms with Crippen molar-refractivity contribution in [3.8, 4) is 6.07 Å². The molecule has 2 amide bonds. The molecule has 1 aromatic carbocycles. The Hall–Kier alpha value is -3.38. The van der Waals surface area contributed by atoms with Crippen molar-refractivity contribution in [1.29, 1.82) is 5.26 Å². The van der Waals surface area contributed by atoms with Crippen LogP contribution in [0.2, 0.25) is 5.02 Å². The Bertz CT molecular complexity index is 1030. The fourth-order valence-corrected chi connectivity index (χ4v) is 4.86. The smallest absolute Gasteiger partial charge is 0.404 e. The van der Waals surface area contributed by atoms with E-state index in [0.717, 1.165) is 5.56 Å². The van der Waals surface area contributed by atoms with Crippen LogP contribution >= 0.6 is 11.6 Å². The second-order valence-corrected chi connectivity index (χ2v) is 8.93. The highest BCUT2D eigenvalue weighted by atomic mass is 35.5. The largest absolute Gasteiger partial charge is 0.465 e. The van der Waals surface area contributed by atoms with Crippen molar-refractivity contribution in [2.24, 2.45) is 11.8 Å². The normalized spacial score (nSPS) is 21.0. The van der Waals surface area contributed by atoms with Crippen LogP contribution < -0.4 is 10.2 Å². The van der Waals surface area contributed by atoms with Gasteiger partial charge in [-0.25, -0.2) is 4.79 Å². The summed E-state index contributed by atoms with van der Waals surface area (Å²) in [5, 5.41) is 29.0. The topological polar surface area (TPSA) is 122 Å². The minimum atomic E-state index is -1.06. The molecule has 0 spiro atoms. The van der Waals surface area contributed by atoms with Crippen molar-refractivity contribution < 1.29 is 14.7 Å². The SMILES string of the molecule is N#Cc1ccc(N2CCC(C(=O)N3C[C@H](CNC(=O)O)[C@H](c4ccc(Cl)cc4)C3)CC2)nn1. The van der Waals surface area contributed by atoms with Crippen LogP contribution in [0.1, 0.15) is 30.0 Å². The molecule has 2 fully saturated rings. The first-order chi connectivity index (χ1) is 15.9. The van der Waals surface area contributed by atoms with E-state index in [1.54, 1.807) is 12.1 Å². The average Bonchev–Trinajstić information content (AvgIpc) is 3.27. The third-order valence-electron chi connectivity index (χ3n) is 6.50. The van der Waals surface area contributed by atoms with E-state index in [4.69, 9.17) is 22.0 Å². The summed E-state index contributed by atoms with van der Waals surface area (Å²) in [6.07, 6.45) is 0.356. The second-order valence-electron chi connectivity index (χ2n) is 8.50. The van der Waals surface area contributed by atoms with Crippen LogP contribution in [-0.4, -0.2) is 64.9 Å². The van der Waals surface area contributed by atoms with Gasteiger partial charge in [0.15, 0.2) is 11.5 Å². The summed E-state index contributed by atoms with van der Waals surface area (Å²) in [6.45, 7) is 2.76. The second kappa shape index (κ2) is 10.0. The molecular weight excluding hydrogens is 444 g/mol. The Morgan fingerprint density at radius 1 is 1.12 bits per heavy atom. The number of nitriles is 1. The van der Waals surface area contributed by atoms with E-state index in [0.29, 0.717) is 56.4 Å². The van der Waals surface area contributed by atoms with E-state index < -0.39 is 6.09 Å². The summed E-state index contributed by atoms with van der Waals surface area (Å²) in [5.74, 6) is 0.804. The van der Waals surface area contributed by atoms with Crippen LogP contribution in [0.3, 0.4) is 0 Å². The number of piperidine rings is 1. The van der Waals surface area contributed by atoms with Crippen molar-refractivity contribution in [1.82, 2.24) is 20.4 Å². The highest BCUT2D eigenvalue weighted by molar-refractivity contribution is 6.30.